The summed E-state index contributed by atoms with van der Waals surface area (Å²) in [6.07, 6.45) is 0. The number of fused-ring (bicyclic) bond motifs is 6. The fourth-order valence-corrected chi connectivity index (χ4v) is 3.63. The average Bonchev–Trinajstić information content (AvgIpc) is 2.98. The van der Waals surface area contributed by atoms with Crippen molar-refractivity contribution in [1.82, 2.24) is 4.40 Å². The van der Waals surface area contributed by atoms with Crippen molar-refractivity contribution in [2.24, 2.45) is 0 Å². The summed E-state index contributed by atoms with van der Waals surface area (Å²) in [6, 6.07) is 21.2. The van der Waals surface area contributed by atoms with Crippen LogP contribution in [0.1, 0.15) is 0 Å². The van der Waals surface area contributed by atoms with E-state index in [0.29, 0.717) is 0 Å². The molecule has 2 heteroatoms. The predicted octanol–water partition coefficient (Wildman–Crippen LogP) is 5.49. The summed E-state index contributed by atoms with van der Waals surface area (Å²) < 4.78 is 2.35. The Morgan fingerprint density at radius 3 is 1.70 bits per heavy atom. The minimum absolute atomic E-state index is 0.798. The highest BCUT2D eigenvalue weighted by Gasteiger charge is 2.16. The fourth-order valence-electron chi connectivity index (χ4n) is 3.41. The Bertz CT molecular complexity index is 1020. The molecule has 0 saturated heterocycles. The standard InChI is InChI=1S/C18H10ClN/c19-11-9-14-12-5-1-3-7-16(12)20-17-8-4-2-6-13(17)15(10-11)18(14)20/h1-10H. The monoisotopic (exact) mass is 275 g/mol. The molecule has 0 amide bonds. The van der Waals surface area contributed by atoms with Crippen molar-refractivity contribution < 1.29 is 0 Å². The molecule has 0 aliphatic heterocycles. The first-order valence-electron chi connectivity index (χ1n) is 6.67. The van der Waals surface area contributed by atoms with E-state index in [0.717, 1.165) is 5.02 Å². The molecule has 20 heavy (non-hydrogen) atoms. The van der Waals surface area contributed by atoms with E-state index in [2.05, 4.69) is 65.1 Å². The molecule has 0 aliphatic rings. The minimum Gasteiger partial charge on any atom is -0.308 e. The molecule has 94 valence electrons. The molecule has 0 radical (unpaired) electrons. The van der Waals surface area contributed by atoms with Crippen molar-refractivity contribution in [3.8, 4) is 0 Å². The van der Waals surface area contributed by atoms with Gasteiger partial charge in [-0.2, -0.15) is 0 Å². The number of nitrogens with zero attached hydrogens (tertiary/aromatic N) is 1. The van der Waals surface area contributed by atoms with Crippen LogP contribution in [-0.4, -0.2) is 4.40 Å². The van der Waals surface area contributed by atoms with Crippen LogP contribution in [0.3, 0.4) is 0 Å². The van der Waals surface area contributed by atoms with Gasteiger partial charge in [-0.3, -0.25) is 0 Å². The Morgan fingerprint density at radius 1 is 0.650 bits per heavy atom. The molecule has 0 saturated carbocycles. The largest absolute Gasteiger partial charge is 0.308 e. The number of benzene rings is 3. The molecule has 1 nitrogen and oxygen atoms in total. The SMILES string of the molecule is Clc1cc2c3ccccc3n3c4ccccc4c(c1)c23. The van der Waals surface area contributed by atoms with Crippen LogP contribution in [-0.2, 0) is 0 Å². The van der Waals surface area contributed by atoms with Crippen LogP contribution < -0.4 is 0 Å². The molecule has 0 spiro atoms. The summed E-state index contributed by atoms with van der Waals surface area (Å²) in [7, 11) is 0. The van der Waals surface area contributed by atoms with E-state index in [1.54, 1.807) is 0 Å². The van der Waals surface area contributed by atoms with Gasteiger partial charge in [-0.25, -0.2) is 0 Å². The van der Waals surface area contributed by atoms with Gasteiger partial charge in [-0.15, -0.1) is 0 Å². The predicted molar refractivity (Wildman–Crippen MR) is 86.1 cm³/mol. The van der Waals surface area contributed by atoms with Crippen molar-refractivity contribution in [3.05, 3.63) is 65.7 Å². The molecule has 0 aliphatic carbocycles. The number of rotatable bonds is 0. The van der Waals surface area contributed by atoms with Crippen molar-refractivity contribution in [2.45, 2.75) is 0 Å². The third-order valence-electron chi connectivity index (χ3n) is 4.17. The lowest BCUT2D eigenvalue weighted by atomic mass is 10.1. The zero-order valence-corrected chi connectivity index (χ0v) is 11.4. The van der Waals surface area contributed by atoms with E-state index in [4.69, 9.17) is 11.6 Å². The van der Waals surface area contributed by atoms with E-state index in [-0.39, 0.29) is 0 Å². The summed E-state index contributed by atoms with van der Waals surface area (Å²) in [5.41, 5.74) is 3.77. The average molecular weight is 276 g/mol. The molecule has 5 aromatic rings. The zero-order valence-electron chi connectivity index (χ0n) is 10.6. The highest BCUT2D eigenvalue weighted by Crippen LogP contribution is 2.40. The van der Waals surface area contributed by atoms with Gasteiger partial charge in [0.1, 0.15) is 0 Å². The molecule has 0 bridgehead atoms. The Morgan fingerprint density at radius 2 is 1.15 bits per heavy atom. The second-order valence-corrected chi connectivity index (χ2v) is 5.66. The first-order valence-corrected chi connectivity index (χ1v) is 7.05. The van der Waals surface area contributed by atoms with Gasteiger partial charge in [-0.05, 0) is 24.3 Å². The lowest BCUT2D eigenvalue weighted by Gasteiger charge is -1.96. The lowest BCUT2D eigenvalue weighted by molar-refractivity contribution is 1.37. The third-order valence-corrected chi connectivity index (χ3v) is 4.39. The maximum Gasteiger partial charge on any atom is 0.0621 e. The minimum atomic E-state index is 0.798. The van der Waals surface area contributed by atoms with Gasteiger partial charge in [0.05, 0.1) is 16.6 Å². The first kappa shape index (κ1) is 10.5. The van der Waals surface area contributed by atoms with Gasteiger partial charge in [0.2, 0.25) is 0 Å². The van der Waals surface area contributed by atoms with E-state index >= 15 is 0 Å². The van der Waals surface area contributed by atoms with Crippen LogP contribution in [0.25, 0.3) is 38.1 Å². The van der Waals surface area contributed by atoms with E-state index in [9.17, 15) is 0 Å². The molecule has 0 atom stereocenters. The van der Waals surface area contributed by atoms with Crippen molar-refractivity contribution in [2.75, 3.05) is 0 Å². The van der Waals surface area contributed by atoms with Gasteiger partial charge in [-0.1, -0.05) is 48.0 Å². The van der Waals surface area contributed by atoms with Crippen LogP contribution in [0.4, 0.5) is 0 Å². The number of aromatic nitrogens is 1. The normalized spacial score (nSPS) is 12.2. The van der Waals surface area contributed by atoms with Crippen LogP contribution >= 0.6 is 11.6 Å². The fraction of sp³-hybridized carbons (Fsp3) is 0. The van der Waals surface area contributed by atoms with Gasteiger partial charge in [0.25, 0.3) is 0 Å². The summed E-state index contributed by atoms with van der Waals surface area (Å²) in [5, 5.41) is 5.80. The number of hydrogen-bond acceptors (Lipinski definition) is 0. The number of halogens is 1. The second kappa shape index (κ2) is 3.44. The van der Waals surface area contributed by atoms with Crippen LogP contribution in [0, 0.1) is 0 Å². The maximum absolute atomic E-state index is 6.34. The highest BCUT2D eigenvalue weighted by molar-refractivity contribution is 6.34. The molecule has 2 heterocycles. The summed E-state index contributed by atoms with van der Waals surface area (Å²) in [4.78, 5) is 0. The smallest absolute Gasteiger partial charge is 0.0621 e. The van der Waals surface area contributed by atoms with E-state index < -0.39 is 0 Å². The third kappa shape index (κ3) is 1.10. The molecule has 0 fully saturated rings. The van der Waals surface area contributed by atoms with Crippen LogP contribution in [0.5, 0.6) is 0 Å². The molecular weight excluding hydrogens is 266 g/mol. The first-order chi connectivity index (χ1) is 9.84. The Kier molecular flexibility index (Phi) is 1.81. The van der Waals surface area contributed by atoms with Crippen molar-refractivity contribution in [1.29, 1.82) is 0 Å². The second-order valence-electron chi connectivity index (χ2n) is 5.22. The molecule has 0 unspecified atom stereocenters. The highest BCUT2D eigenvalue weighted by atomic mass is 35.5. The Hall–Kier alpha value is -2.25. The van der Waals surface area contributed by atoms with Gasteiger partial charge in [0, 0.05) is 26.6 Å². The van der Waals surface area contributed by atoms with Gasteiger partial charge < -0.3 is 4.40 Å². The lowest BCUT2D eigenvalue weighted by Crippen LogP contribution is -1.78. The summed E-state index contributed by atoms with van der Waals surface area (Å²) in [6.45, 7) is 0. The maximum atomic E-state index is 6.34. The molecular formula is C18H10ClN. The van der Waals surface area contributed by atoms with Crippen molar-refractivity contribution in [3.63, 3.8) is 0 Å². The number of hydrogen-bond donors (Lipinski definition) is 0. The van der Waals surface area contributed by atoms with E-state index in [1.165, 1.54) is 38.1 Å². The number of para-hydroxylation sites is 2. The van der Waals surface area contributed by atoms with Crippen molar-refractivity contribution >= 4 is 49.7 Å². The van der Waals surface area contributed by atoms with E-state index in [1.807, 2.05) is 0 Å². The summed E-state index contributed by atoms with van der Waals surface area (Å²) in [5.74, 6) is 0. The molecule has 2 aromatic heterocycles. The summed E-state index contributed by atoms with van der Waals surface area (Å²) >= 11 is 6.34. The molecule has 3 aromatic carbocycles. The zero-order chi connectivity index (χ0) is 13.3. The van der Waals surface area contributed by atoms with Gasteiger partial charge in [0.15, 0.2) is 0 Å². The molecule has 5 rings (SSSR count). The topological polar surface area (TPSA) is 4.41 Å². The quantitative estimate of drug-likeness (QED) is 0.352. The Labute approximate surface area is 120 Å². The Balaban J connectivity index is 2.30. The van der Waals surface area contributed by atoms with Gasteiger partial charge >= 0.3 is 0 Å². The molecule has 0 N–H and O–H groups in total. The van der Waals surface area contributed by atoms with Crippen LogP contribution in [0.15, 0.2) is 60.7 Å². The van der Waals surface area contributed by atoms with Crippen LogP contribution in [0.2, 0.25) is 5.02 Å².